The zero-order valence-corrected chi connectivity index (χ0v) is 16.1. The Morgan fingerprint density at radius 3 is 2.61 bits per heavy atom. The van der Waals surface area contributed by atoms with Crippen molar-refractivity contribution >= 4 is 17.8 Å². The molecule has 1 heterocycles. The van der Waals surface area contributed by atoms with Crippen LogP contribution in [0.3, 0.4) is 0 Å². The summed E-state index contributed by atoms with van der Waals surface area (Å²) < 4.78 is 7.11. The third kappa shape index (κ3) is 4.37. The summed E-state index contributed by atoms with van der Waals surface area (Å²) in [6, 6.07) is 17.3. The van der Waals surface area contributed by atoms with Crippen LogP contribution in [-0.2, 0) is 4.79 Å². The second kappa shape index (κ2) is 8.85. The summed E-state index contributed by atoms with van der Waals surface area (Å²) in [7, 11) is 1.59. The quantitative estimate of drug-likeness (QED) is 0.490. The third-order valence-electron chi connectivity index (χ3n) is 4.28. The fraction of sp³-hybridized carbons (Fsp3) is 0.190. The Kier molecular flexibility index (Phi) is 6.06. The number of nitrogens with one attached hydrogen (secondary N) is 2. The maximum atomic E-state index is 12.1. The number of aromatic nitrogens is 2. The first-order chi connectivity index (χ1) is 13.6. The summed E-state index contributed by atoms with van der Waals surface area (Å²) in [5.74, 6) is 0.422. The first-order valence-corrected chi connectivity index (χ1v) is 8.90. The first kappa shape index (κ1) is 19.2. The molecule has 2 aromatic carbocycles. The molecule has 7 heteroatoms. The van der Waals surface area contributed by atoms with E-state index >= 15 is 0 Å². The molecule has 0 bridgehead atoms. The summed E-state index contributed by atoms with van der Waals surface area (Å²) in [5, 5.41) is 11.7. The Hall–Kier alpha value is -3.61. The van der Waals surface area contributed by atoms with E-state index < -0.39 is 0 Å². The lowest BCUT2D eigenvalue weighted by Crippen LogP contribution is -2.26. The Balaban J connectivity index is 1.62. The van der Waals surface area contributed by atoms with Crippen molar-refractivity contribution in [3.05, 3.63) is 71.5 Å². The minimum atomic E-state index is -0.257. The van der Waals surface area contributed by atoms with Crippen molar-refractivity contribution in [2.45, 2.75) is 13.8 Å². The summed E-state index contributed by atoms with van der Waals surface area (Å²) >= 11 is 0. The Morgan fingerprint density at radius 2 is 1.86 bits per heavy atom. The average Bonchev–Trinajstić information content (AvgIpc) is 3.01. The van der Waals surface area contributed by atoms with E-state index in [4.69, 9.17) is 4.74 Å². The monoisotopic (exact) mass is 377 g/mol. The number of benzene rings is 2. The fourth-order valence-electron chi connectivity index (χ4n) is 2.84. The minimum Gasteiger partial charge on any atom is -0.495 e. The number of hydrogen-bond acceptors (Lipinski definition) is 5. The number of ether oxygens (including phenoxy) is 1. The molecule has 0 spiro atoms. The molecule has 2 N–H and O–H groups in total. The van der Waals surface area contributed by atoms with Crippen LogP contribution in [0, 0.1) is 13.8 Å². The van der Waals surface area contributed by atoms with E-state index in [-0.39, 0.29) is 12.5 Å². The third-order valence-corrected chi connectivity index (χ3v) is 4.28. The number of rotatable bonds is 7. The fourth-order valence-corrected chi connectivity index (χ4v) is 2.84. The summed E-state index contributed by atoms with van der Waals surface area (Å²) in [6.45, 7) is 3.97. The van der Waals surface area contributed by atoms with Crippen molar-refractivity contribution < 1.29 is 9.53 Å². The standard InChI is InChI=1S/C21H23N5O2/c1-15-18(16(2)26(25-15)17-9-5-4-6-10-17)13-23-24-21(27)14-22-19-11-7-8-12-20(19)28-3/h4-13,22H,14H2,1-3H3,(H,24,27). The van der Waals surface area contributed by atoms with Crippen LogP contribution in [-0.4, -0.2) is 35.6 Å². The van der Waals surface area contributed by atoms with Gasteiger partial charge in [-0.1, -0.05) is 30.3 Å². The van der Waals surface area contributed by atoms with Gasteiger partial charge in [0.1, 0.15) is 5.75 Å². The Labute approximate surface area is 164 Å². The molecule has 0 aliphatic heterocycles. The summed E-state index contributed by atoms with van der Waals surface area (Å²) in [6.07, 6.45) is 1.62. The minimum absolute atomic E-state index is 0.0823. The van der Waals surface area contributed by atoms with Crippen LogP contribution in [0.25, 0.3) is 5.69 Å². The number of aryl methyl sites for hydroxylation is 1. The van der Waals surface area contributed by atoms with Gasteiger partial charge in [-0.3, -0.25) is 4.79 Å². The molecule has 144 valence electrons. The van der Waals surface area contributed by atoms with E-state index in [1.807, 2.05) is 73.1 Å². The molecule has 0 fully saturated rings. The molecule has 0 radical (unpaired) electrons. The first-order valence-electron chi connectivity index (χ1n) is 8.90. The molecule has 28 heavy (non-hydrogen) atoms. The molecule has 0 atom stereocenters. The lowest BCUT2D eigenvalue weighted by Gasteiger charge is -2.09. The molecule has 0 aliphatic rings. The maximum Gasteiger partial charge on any atom is 0.259 e. The van der Waals surface area contributed by atoms with Crippen molar-refractivity contribution in [2.24, 2.45) is 5.10 Å². The van der Waals surface area contributed by atoms with Gasteiger partial charge in [-0.2, -0.15) is 10.2 Å². The van der Waals surface area contributed by atoms with E-state index in [0.717, 1.165) is 28.3 Å². The molecule has 0 saturated heterocycles. The largest absolute Gasteiger partial charge is 0.495 e. The smallest absolute Gasteiger partial charge is 0.259 e. The highest BCUT2D eigenvalue weighted by Crippen LogP contribution is 2.22. The van der Waals surface area contributed by atoms with Crippen LogP contribution in [0.5, 0.6) is 5.75 Å². The van der Waals surface area contributed by atoms with Crippen LogP contribution in [0.2, 0.25) is 0 Å². The number of anilines is 1. The van der Waals surface area contributed by atoms with Gasteiger partial charge in [-0.05, 0) is 38.1 Å². The van der Waals surface area contributed by atoms with E-state index in [9.17, 15) is 4.79 Å². The highest BCUT2D eigenvalue weighted by Gasteiger charge is 2.11. The lowest BCUT2D eigenvalue weighted by atomic mass is 10.2. The van der Waals surface area contributed by atoms with Crippen molar-refractivity contribution in [1.29, 1.82) is 0 Å². The van der Waals surface area contributed by atoms with Crippen LogP contribution >= 0.6 is 0 Å². The van der Waals surface area contributed by atoms with Crippen molar-refractivity contribution in [2.75, 3.05) is 19.0 Å². The predicted octanol–water partition coefficient (Wildman–Crippen LogP) is 3.06. The number of para-hydroxylation sites is 3. The van der Waals surface area contributed by atoms with Crippen molar-refractivity contribution in [1.82, 2.24) is 15.2 Å². The number of hydrogen-bond donors (Lipinski definition) is 2. The van der Waals surface area contributed by atoms with Crippen LogP contribution in [0.4, 0.5) is 5.69 Å². The Bertz CT molecular complexity index is 980. The van der Waals surface area contributed by atoms with Gasteiger partial charge in [-0.15, -0.1) is 0 Å². The topological polar surface area (TPSA) is 80.5 Å². The van der Waals surface area contributed by atoms with E-state index in [0.29, 0.717) is 5.75 Å². The highest BCUT2D eigenvalue weighted by atomic mass is 16.5. The summed E-state index contributed by atoms with van der Waals surface area (Å²) in [4.78, 5) is 12.1. The van der Waals surface area contributed by atoms with Crippen molar-refractivity contribution in [3.8, 4) is 11.4 Å². The molecule has 1 amide bonds. The van der Waals surface area contributed by atoms with Crippen LogP contribution in [0.1, 0.15) is 17.0 Å². The molecule has 3 aromatic rings. The van der Waals surface area contributed by atoms with Crippen molar-refractivity contribution in [3.63, 3.8) is 0 Å². The number of amides is 1. The van der Waals surface area contributed by atoms with Gasteiger partial charge < -0.3 is 10.1 Å². The molecule has 3 rings (SSSR count). The zero-order valence-electron chi connectivity index (χ0n) is 16.1. The number of hydrazone groups is 1. The van der Waals surface area contributed by atoms with Gasteiger partial charge in [0.15, 0.2) is 0 Å². The van der Waals surface area contributed by atoms with E-state index in [1.165, 1.54) is 0 Å². The SMILES string of the molecule is COc1ccccc1NCC(=O)NN=Cc1c(C)nn(-c2ccccc2)c1C. The molecular weight excluding hydrogens is 354 g/mol. The van der Waals surface area contributed by atoms with Gasteiger partial charge in [0.05, 0.1) is 42.6 Å². The highest BCUT2D eigenvalue weighted by molar-refractivity contribution is 5.86. The van der Waals surface area contributed by atoms with Gasteiger partial charge in [0.2, 0.25) is 0 Å². The van der Waals surface area contributed by atoms with E-state index in [2.05, 4.69) is 20.9 Å². The van der Waals surface area contributed by atoms with Crippen LogP contribution in [0.15, 0.2) is 59.7 Å². The second-order valence-electron chi connectivity index (χ2n) is 6.18. The number of methoxy groups -OCH3 is 1. The maximum absolute atomic E-state index is 12.1. The molecule has 0 unspecified atom stereocenters. The lowest BCUT2D eigenvalue weighted by molar-refractivity contribution is -0.119. The number of carbonyl (C=O) groups excluding carboxylic acids is 1. The van der Waals surface area contributed by atoms with Gasteiger partial charge in [0.25, 0.3) is 5.91 Å². The zero-order chi connectivity index (χ0) is 19.9. The molecular formula is C21H23N5O2. The molecule has 7 nitrogen and oxygen atoms in total. The van der Waals surface area contributed by atoms with Gasteiger partial charge in [-0.25, -0.2) is 10.1 Å². The predicted molar refractivity (Wildman–Crippen MR) is 110 cm³/mol. The van der Waals surface area contributed by atoms with Gasteiger partial charge in [0, 0.05) is 5.56 Å². The molecule has 1 aromatic heterocycles. The van der Waals surface area contributed by atoms with Crippen LogP contribution < -0.4 is 15.5 Å². The van der Waals surface area contributed by atoms with Gasteiger partial charge >= 0.3 is 0 Å². The second-order valence-corrected chi connectivity index (χ2v) is 6.18. The van der Waals surface area contributed by atoms with E-state index in [1.54, 1.807) is 13.3 Å². The average molecular weight is 377 g/mol. The summed E-state index contributed by atoms with van der Waals surface area (Å²) in [5.41, 5.74) is 6.93. The Morgan fingerprint density at radius 1 is 1.14 bits per heavy atom. The molecule has 0 saturated carbocycles. The number of carbonyl (C=O) groups is 1. The number of nitrogens with zero attached hydrogens (tertiary/aromatic N) is 3. The normalized spacial score (nSPS) is 10.8. The molecule has 0 aliphatic carbocycles.